The maximum Gasteiger partial charge on any atom is 0.0657 e. The van der Waals surface area contributed by atoms with Crippen LogP contribution < -0.4 is 5.73 Å². The third kappa shape index (κ3) is 3.61. The van der Waals surface area contributed by atoms with E-state index in [2.05, 4.69) is 25.5 Å². The number of aromatic nitrogens is 2. The Bertz CT molecular complexity index is 420. The zero-order valence-electron chi connectivity index (χ0n) is 13.2. The summed E-state index contributed by atoms with van der Waals surface area (Å²) in [6.07, 6.45) is 6.88. The minimum Gasteiger partial charge on any atom is -0.378 e. The molecule has 114 valence electrons. The first-order valence-corrected chi connectivity index (χ1v) is 8.10. The van der Waals surface area contributed by atoms with E-state index < -0.39 is 0 Å². The number of hydrogen-bond donors (Lipinski definition) is 1. The molecule has 1 fully saturated rings. The number of aryl methyl sites for hydroxylation is 2. The van der Waals surface area contributed by atoms with E-state index in [0.717, 1.165) is 38.8 Å². The lowest BCUT2D eigenvalue weighted by Crippen LogP contribution is -2.19. The van der Waals surface area contributed by atoms with Gasteiger partial charge in [0.15, 0.2) is 0 Å². The highest BCUT2D eigenvalue weighted by Gasteiger charge is 2.19. The maximum atomic E-state index is 6.00. The lowest BCUT2D eigenvalue weighted by Gasteiger charge is -2.12. The van der Waals surface area contributed by atoms with Crippen molar-refractivity contribution in [3.05, 3.63) is 17.0 Å². The van der Waals surface area contributed by atoms with Gasteiger partial charge in [0.05, 0.1) is 11.8 Å². The predicted octanol–water partition coefficient (Wildman–Crippen LogP) is 2.47. The van der Waals surface area contributed by atoms with Crippen LogP contribution in [0.1, 0.15) is 57.0 Å². The Labute approximate surface area is 122 Å². The smallest absolute Gasteiger partial charge is 0.0657 e. The van der Waals surface area contributed by atoms with Gasteiger partial charge in [0.2, 0.25) is 0 Å². The van der Waals surface area contributed by atoms with Gasteiger partial charge in [-0.05, 0) is 51.0 Å². The first-order valence-electron chi connectivity index (χ1n) is 8.10. The molecule has 0 spiro atoms. The molecule has 1 saturated heterocycles. The summed E-state index contributed by atoms with van der Waals surface area (Å²) in [5.41, 5.74) is 9.98. The van der Waals surface area contributed by atoms with Crippen molar-refractivity contribution in [3.63, 3.8) is 0 Å². The minimum atomic E-state index is 0.196. The largest absolute Gasteiger partial charge is 0.378 e. The van der Waals surface area contributed by atoms with Gasteiger partial charge in [-0.25, -0.2) is 0 Å². The van der Waals surface area contributed by atoms with Crippen LogP contribution in [-0.2, 0) is 30.5 Å². The molecule has 4 heteroatoms. The van der Waals surface area contributed by atoms with Crippen LogP contribution in [0.5, 0.6) is 0 Å². The lowest BCUT2D eigenvalue weighted by atomic mass is 10.0. The third-order valence-corrected chi connectivity index (χ3v) is 4.13. The van der Waals surface area contributed by atoms with E-state index in [1.165, 1.54) is 29.8 Å². The van der Waals surface area contributed by atoms with E-state index >= 15 is 0 Å². The summed E-state index contributed by atoms with van der Waals surface area (Å²) in [7, 11) is 0. The van der Waals surface area contributed by atoms with Crippen LogP contribution in [0.15, 0.2) is 0 Å². The number of rotatable bonds is 7. The summed E-state index contributed by atoms with van der Waals surface area (Å²) >= 11 is 0. The second-order valence-corrected chi connectivity index (χ2v) is 5.91. The molecule has 0 radical (unpaired) electrons. The van der Waals surface area contributed by atoms with Gasteiger partial charge in [0.25, 0.3) is 0 Å². The predicted molar refractivity (Wildman–Crippen MR) is 81.9 cm³/mol. The summed E-state index contributed by atoms with van der Waals surface area (Å²) < 4.78 is 7.92. The van der Waals surface area contributed by atoms with Gasteiger partial charge in [0, 0.05) is 24.9 Å². The average molecular weight is 279 g/mol. The molecule has 1 aliphatic rings. The van der Waals surface area contributed by atoms with E-state index in [0.29, 0.717) is 6.10 Å². The van der Waals surface area contributed by atoms with Crippen LogP contribution in [0.3, 0.4) is 0 Å². The molecule has 0 aromatic carbocycles. The van der Waals surface area contributed by atoms with Gasteiger partial charge in [-0.15, -0.1) is 0 Å². The van der Waals surface area contributed by atoms with E-state index in [4.69, 9.17) is 15.6 Å². The molecule has 0 saturated carbocycles. The summed E-state index contributed by atoms with van der Waals surface area (Å²) in [6.45, 7) is 8.36. The number of nitrogens with two attached hydrogens (primary N) is 1. The standard InChI is InChI=1S/C16H29N3O/c1-4-15-14(11-12(3)17)16(5-2)19(18-15)9-8-13-7-6-10-20-13/h12-13H,4-11,17H2,1-3H3. The summed E-state index contributed by atoms with van der Waals surface area (Å²) in [6, 6.07) is 0.196. The average Bonchev–Trinajstić information content (AvgIpc) is 3.03. The molecule has 2 N–H and O–H groups in total. The van der Waals surface area contributed by atoms with Crippen molar-refractivity contribution in [2.45, 2.75) is 78.0 Å². The highest BCUT2D eigenvalue weighted by Crippen LogP contribution is 2.21. The van der Waals surface area contributed by atoms with Crippen molar-refractivity contribution in [1.82, 2.24) is 9.78 Å². The van der Waals surface area contributed by atoms with Gasteiger partial charge in [-0.2, -0.15) is 5.10 Å². The van der Waals surface area contributed by atoms with Crippen LogP contribution in [0.25, 0.3) is 0 Å². The molecule has 2 atom stereocenters. The van der Waals surface area contributed by atoms with Crippen LogP contribution in [0.4, 0.5) is 0 Å². The Hall–Kier alpha value is -0.870. The highest BCUT2D eigenvalue weighted by molar-refractivity contribution is 5.27. The van der Waals surface area contributed by atoms with E-state index in [-0.39, 0.29) is 6.04 Å². The fraction of sp³-hybridized carbons (Fsp3) is 0.812. The number of ether oxygens (including phenoxy) is 1. The highest BCUT2D eigenvalue weighted by atomic mass is 16.5. The molecule has 4 nitrogen and oxygen atoms in total. The summed E-state index contributed by atoms with van der Waals surface area (Å²) in [5.74, 6) is 0. The second-order valence-electron chi connectivity index (χ2n) is 5.91. The quantitative estimate of drug-likeness (QED) is 0.834. The number of hydrogen-bond acceptors (Lipinski definition) is 3. The first kappa shape index (κ1) is 15.5. The lowest BCUT2D eigenvalue weighted by molar-refractivity contribution is 0.0992. The first-order chi connectivity index (χ1) is 9.65. The Morgan fingerprint density at radius 1 is 1.40 bits per heavy atom. The molecular formula is C16H29N3O. The summed E-state index contributed by atoms with van der Waals surface area (Å²) in [4.78, 5) is 0. The van der Waals surface area contributed by atoms with Crippen molar-refractivity contribution >= 4 is 0 Å². The van der Waals surface area contributed by atoms with Crippen molar-refractivity contribution in [1.29, 1.82) is 0 Å². The van der Waals surface area contributed by atoms with E-state index in [1.807, 2.05) is 0 Å². The van der Waals surface area contributed by atoms with E-state index in [9.17, 15) is 0 Å². The monoisotopic (exact) mass is 279 g/mol. The molecule has 0 amide bonds. The maximum absolute atomic E-state index is 6.00. The van der Waals surface area contributed by atoms with Gasteiger partial charge in [-0.3, -0.25) is 4.68 Å². The molecule has 2 heterocycles. The molecule has 20 heavy (non-hydrogen) atoms. The molecule has 1 aliphatic heterocycles. The van der Waals surface area contributed by atoms with Crippen LogP contribution in [-0.4, -0.2) is 28.5 Å². The Morgan fingerprint density at radius 3 is 2.75 bits per heavy atom. The molecular weight excluding hydrogens is 250 g/mol. The zero-order chi connectivity index (χ0) is 14.5. The molecule has 2 rings (SSSR count). The Balaban J connectivity index is 2.12. The van der Waals surface area contributed by atoms with Crippen LogP contribution in [0.2, 0.25) is 0 Å². The normalized spacial score (nSPS) is 20.5. The fourth-order valence-electron chi connectivity index (χ4n) is 3.15. The fourth-order valence-corrected chi connectivity index (χ4v) is 3.15. The topological polar surface area (TPSA) is 53.1 Å². The molecule has 2 unspecified atom stereocenters. The second kappa shape index (κ2) is 7.23. The van der Waals surface area contributed by atoms with Gasteiger partial charge in [0.1, 0.15) is 0 Å². The van der Waals surface area contributed by atoms with Gasteiger partial charge < -0.3 is 10.5 Å². The molecule has 1 aromatic heterocycles. The van der Waals surface area contributed by atoms with Gasteiger partial charge in [-0.1, -0.05) is 13.8 Å². The summed E-state index contributed by atoms with van der Waals surface area (Å²) in [5, 5.41) is 4.82. The van der Waals surface area contributed by atoms with Crippen molar-refractivity contribution in [2.75, 3.05) is 6.61 Å². The van der Waals surface area contributed by atoms with Crippen molar-refractivity contribution < 1.29 is 4.74 Å². The Kier molecular flexibility index (Phi) is 5.61. The Morgan fingerprint density at radius 2 is 2.20 bits per heavy atom. The molecule has 1 aromatic rings. The van der Waals surface area contributed by atoms with Crippen LogP contribution >= 0.6 is 0 Å². The minimum absolute atomic E-state index is 0.196. The van der Waals surface area contributed by atoms with Crippen molar-refractivity contribution in [2.24, 2.45) is 5.73 Å². The van der Waals surface area contributed by atoms with E-state index in [1.54, 1.807) is 0 Å². The van der Waals surface area contributed by atoms with Crippen molar-refractivity contribution in [3.8, 4) is 0 Å². The van der Waals surface area contributed by atoms with Crippen LogP contribution in [0, 0.1) is 0 Å². The number of nitrogens with zero attached hydrogens (tertiary/aromatic N) is 2. The SMILES string of the molecule is CCc1nn(CCC2CCCO2)c(CC)c1CC(C)N. The molecule has 0 bridgehead atoms. The third-order valence-electron chi connectivity index (χ3n) is 4.13. The van der Waals surface area contributed by atoms with Gasteiger partial charge >= 0.3 is 0 Å². The zero-order valence-corrected chi connectivity index (χ0v) is 13.2. The molecule has 0 aliphatic carbocycles.